The van der Waals surface area contributed by atoms with Crippen molar-refractivity contribution in [1.82, 2.24) is 4.98 Å². The summed E-state index contributed by atoms with van der Waals surface area (Å²) in [5.74, 6) is 0.460. The number of hydrogen-bond acceptors (Lipinski definition) is 2. The molecule has 1 saturated carbocycles. The Hall–Kier alpha value is -1.78. The molecule has 2 rings (SSSR count). The van der Waals surface area contributed by atoms with E-state index in [2.05, 4.69) is 4.98 Å². The first-order chi connectivity index (χ1) is 6.66. The van der Waals surface area contributed by atoms with Crippen LogP contribution in [0.25, 0.3) is 0 Å². The standard InChI is InChI=1S/C9H10N2O3/c12-8-7(11-9(13)14)4-3-6(10-8)5-1-2-5/h3-5,11H,1-2H2,(H,10,12)(H,13,14). The average molecular weight is 194 g/mol. The molecule has 0 saturated heterocycles. The first kappa shape index (κ1) is 8.80. The van der Waals surface area contributed by atoms with Crippen LogP contribution in [0.1, 0.15) is 24.5 Å². The first-order valence-electron chi connectivity index (χ1n) is 4.40. The number of nitrogens with one attached hydrogen (secondary N) is 2. The fraction of sp³-hybridized carbons (Fsp3) is 0.333. The molecule has 3 N–H and O–H groups in total. The third-order valence-electron chi connectivity index (χ3n) is 2.19. The molecule has 1 aliphatic rings. The largest absolute Gasteiger partial charge is 0.465 e. The van der Waals surface area contributed by atoms with Crippen LogP contribution in [0.15, 0.2) is 16.9 Å². The Bertz CT molecular complexity index is 420. The zero-order valence-electron chi connectivity index (χ0n) is 7.41. The maximum absolute atomic E-state index is 11.3. The van der Waals surface area contributed by atoms with Gasteiger partial charge in [-0.2, -0.15) is 0 Å². The molecule has 5 heteroatoms. The molecule has 1 amide bonds. The molecule has 1 aliphatic carbocycles. The molecule has 0 bridgehead atoms. The number of carboxylic acid groups (broad SMARTS) is 1. The molecule has 0 atom stereocenters. The number of carbonyl (C=O) groups is 1. The van der Waals surface area contributed by atoms with Gasteiger partial charge in [-0.1, -0.05) is 0 Å². The van der Waals surface area contributed by atoms with E-state index in [1.807, 2.05) is 5.32 Å². The molecular formula is C9H10N2O3. The zero-order valence-corrected chi connectivity index (χ0v) is 7.41. The van der Waals surface area contributed by atoms with Gasteiger partial charge in [-0.3, -0.25) is 10.1 Å². The highest BCUT2D eigenvalue weighted by Gasteiger charge is 2.24. The Kier molecular flexibility index (Phi) is 1.99. The summed E-state index contributed by atoms with van der Waals surface area (Å²) in [6.45, 7) is 0. The quantitative estimate of drug-likeness (QED) is 0.664. The molecule has 74 valence electrons. The molecule has 14 heavy (non-hydrogen) atoms. The normalized spacial score (nSPS) is 15.1. The number of pyridine rings is 1. The number of H-pyrrole nitrogens is 1. The van der Waals surface area contributed by atoms with Crippen LogP contribution in [0.5, 0.6) is 0 Å². The highest BCUT2D eigenvalue weighted by molar-refractivity contribution is 5.82. The van der Waals surface area contributed by atoms with E-state index in [0.717, 1.165) is 18.5 Å². The van der Waals surface area contributed by atoms with Crippen molar-refractivity contribution in [3.05, 3.63) is 28.2 Å². The van der Waals surface area contributed by atoms with E-state index >= 15 is 0 Å². The van der Waals surface area contributed by atoms with Gasteiger partial charge in [0, 0.05) is 5.69 Å². The van der Waals surface area contributed by atoms with Gasteiger partial charge in [0.2, 0.25) is 0 Å². The van der Waals surface area contributed by atoms with Gasteiger partial charge in [-0.05, 0) is 30.9 Å². The van der Waals surface area contributed by atoms with Gasteiger partial charge in [0.1, 0.15) is 5.69 Å². The number of amides is 1. The van der Waals surface area contributed by atoms with Gasteiger partial charge in [0.05, 0.1) is 0 Å². The maximum Gasteiger partial charge on any atom is 0.409 e. The Morgan fingerprint density at radius 3 is 2.71 bits per heavy atom. The van der Waals surface area contributed by atoms with Gasteiger partial charge in [-0.25, -0.2) is 4.79 Å². The third-order valence-corrected chi connectivity index (χ3v) is 2.19. The lowest BCUT2D eigenvalue weighted by Gasteiger charge is -2.01. The Balaban J connectivity index is 2.26. The van der Waals surface area contributed by atoms with E-state index < -0.39 is 6.09 Å². The smallest absolute Gasteiger partial charge is 0.409 e. The number of anilines is 1. The Morgan fingerprint density at radius 1 is 1.50 bits per heavy atom. The molecule has 0 radical (unpaired) electrons. The third kappa shape index (κ3) is 1.76. The van der Waals surface area contributed by atoms with E-state index in [0.29, 0.717) is 5.92 Å². The molecule has 5 nitrogen and oxygen atoms in total. The van der Waals surface area contributed by atoms with Crippen molar-refractivity contribution in [3.8, 4) is 0 Å². The number of hydrogen-bond donors (Lipinski definition) is 3. The Morgan fingerprint density at radius 2 is 2.21 bits per heavy atom. The molecule has 1 aromatic rings. The van der Waals surface area contributed by atoms with Gasteiger partial charge in [-0.15, -0.1) is 0 Å². The van der Waals surface area contributed by atoms with E-state index in [4.69, 9.17) is 5.11 Å². The minimum absolute atomic E-state index is 0.0712. The summed E-state index contributed by atoms with van der Waals surface area (Å²) in [6.07, 6.45) is 0.971. The van der Waals surface area contributed by atoms with Crippen LogP contribution in [0.3, 0.4) is 0 Å². The Labute approximate surface area is 79.8 Å². The minimum Gasteiger partial charge on any atom is -0.465 e. The second-order valence-corrected chi connectivity index (χ2v) is 3.36. The predicted molar refractivity (Wildman–Crippen MR) is 50.7 cm³/mol. The predicted octanol–water partition coefficient (Wildman–Crippen LogP) is 1.34. The van der Waals surface area contributed by atoms with Crippen molar-refractivity contribution < 1.29 is 9.90 Å². The topological polar surface area (TPSA) is 82.2 Å². The van der Waals surface area contributed by atoms with Crippen molar-refractivity contribution in [2.24, 2.45) is 0 Å². The van der Waals surface area contributed by atoms with Crippen LogP contribution < -0.4 is 10.9 Å². The van der Waals surface area contributed by atoms with Gasteiger partial charge >= 0.3 is 6.09 Å². The zero-order chi connectivity index (χ0) is 10.1. The van der Waals surface area contributed by atoms with Crippen molar-refractivity contribution in [2.45, 2.75) is 18.8 Å². The fourth-order valence-corrected chi connectivity index (χ4v) is 1.34. The summed E-state index contributed by atoms with van der Waals surface area (Å²) < 4.78 is 0. The summed E-state index contributed by atoms with van der Waals surface area (Å²) in [5.41, 5.74) is 0.588. The van der Waals surface area contributed by atoms with Crippen molar-refractivity contribution in [3.63, 3.8) is 0 Å². The van der Waals surface area contributed by atoms with E-state index in [1.54, 1.807) is 6.07 Å². The summed E-state index contributed by atoms with van der Waals surface area (Å²) in [6, 6.07) is 3.25. The monoisotopic (exact) mass is 194 g/mol. The second-order valence-electron chi connectivity index (χ2n) is 3.36. The number of aromatic amines is 1. The molecular weight excluding hydrogens is 184 g/mol. The van der Waals surface area contributed by atoms with Crippen LogP contribution in [-0.2, 0) is 0 Å². The first-order valence-corrected chi connectivity index (χ1v) is 4.40. The summed E-state index contributed by atoms with van der Waals surface area (Å²) in [4.78, 5) is 24.3. The maximum atomic E-state index is 11.3. The highest BCUT2D eigenvalue weighted by Crippen LogP contribution is 2.38. The van der Waals surface area contributed by atoms with Gasteiger partial charge < -0.3 is 10.1 Å². The number of aromatic nitrogens is 1. The SMILES string of the molecule is O=C(O)Nc1ccc(C2CC2)[nH]c1=O. The molecule has 1 aromatic heterocycles. The number of rotatable bonds is 2. The summed E-state index contributed by atoms with van der Waals surface area (Å²) in [7, 11) is 0. The van der Waals surface area contributed by atoms with Crippen LogP contribution in [0.4, 0.5) is 10.5 Å². The molecule has 0 unspecified atom stereocenters. The molecule has 1 heterocycles. The summed E-state index contributed by atoms with van der Waals surface area (Å²) in [5, 5.41) is 10.5. The molecule has 0 aromatic carbocycles. The van der Waals surface area contributed by atoms with Gasteiger partial charge in [0.25, 0.3) is 5.56 Å². The lowest BCUT2D eigenvalue weighted by Crippen LogP contribution is -2.18. The lowest BCUT2D eigenvalue weighted by atomic mass is 10.2. The van der Waals surface area contributed by atoms with Crippen molar-refractivity contribution in [2.75, 3.05) is 5.32 Å². The second kappa shape index (κ2) is 3.17. The fourth-order valence-electron chi connectivity index (χ4n) is 1.34. The van der Waals surface area contributed by atoms with Crippen molar-refractivity contribution in [1.29, 1.82) is 0 Å². The summed E-state index contributed by atoms with van der Waals surface area (Å²) >= 11 is 0. The molecule has 0 aliphatic heterocycles. The highest BCUT2D eigenvalue weighted by atomic mass is 16.4. The minimum atomic E-state index is -1.23. The van der Waals surface area contributed by atoms with Crippen LogP contribution in [0, 0.1) is 0 Å². The van der Waals surface area contributed by atoms with E-state index in [9.17, 15) is 9.59 Å². The van der Waals surface area contributed by atoms with Crippen LogP contribution in [0.2, 0.25) is 0 Å². The average Bonchev–Trinajstić information content (AvgIpc) is 2.90. The van der Waals surface area contributed by atoms with E-state index in [-0.39, 0.29) is 11.2 Å². The molecule has 0 spiro atoms. The van der Waals surface area contributed by atoms with E-state index in [1.165, 1.54) is 6.07 Å². The molecule has 1 fully saturated rings. The van der Waals surface area contributed by atoms with Crippen LogP contribution >= 0.6 is 0 Å². The van der Waals surface area contributed by atoms with Gasteiger partial charge in [0.15, 0.2) is 0 Å². The lowest BCUT2D eigenvalue weighted by molar-refractivity contribution is 0.209. The van der Waals surface area contributed by atoms with Crippen LogP contribution in [-0.4, -0.2) is 16.2 Å². The van der Waals surface area contributed by atoms with Crippen molar-refractivity contribution >= 4 is 11.8 Å².